The van der Waals surface area contributed by atoms with Crippen molar-refractivity contribution in [3.8, 4) is 11.5 Å². The zero-order valence-corrected chi connectivity index (χ0v) is 21.9. The van der Waals surface area contributed by atoms with E-state index in [1.807, 2.05) is 24.3 Å². The van der Waals surface area contributed by atoms with Crippen LogP contribution in [0.5, 0.6) is 0 Å². The SMILES string of the molecule is [2H]C([2H])([2H])c1ccc2c(c1C#C[Si](C(C)C)(C(C)C)C(C)C)C1CC(NC2=O)c2nc3ccccc3n21. The van der Waals surface area contributed by atoms with Gasteiger partial charge < -0.3 is 9.88 Å². The van der Waals surface area contributed by atoms with E-state index in [-0.39, 0.29) is 23.6 Å². The Labute approximate surface area is 208 Å². The number of amides is 1. The number of benzene rings is 2. The van der Waals surface area contributed by atoms with E-state index in [1.165, 1.54) is 0 Å². The number of fused-ring (bicyclic) bond motifs is 9. The summed E-state index contributed by atoms with van der Waals surface area (Å²) in [5, 5.41) is 3.15. The molecule has 1 aromatic heterocycles. The second-order valence-electron chi connectivity index (χ2n) is 10.7. The van der Waals surface area contributed by atoms with Crippen molar-refractivity contribution in [3.05, 3.63) is 64.5 Å². The first-order valence-electron chi connectivity index (χ1n) is 13.9. The fourth-order valence-corrected chi connectivity index (χ4v) is 11.8. The van der Waals surface area contributed by atoms with Crippen molar-refractivity contribution >= 4 is 25.0 Å². The lowest BCUT2D eigenvalue weighted by atomic mass is 9.91. The van der Waals surface area contributed by atoms with E-state index in [0.717, 1.165) is 22.4 Å². The van der Waals surface area contributed by atoms with Crippen LogP contribution in [-0.4, -0.2) is 23.5 Å². The predicted molar refractivity (Wildman–Crippen MR) is 142 cm³/mol. The van der Waals surface area contributed by atoms with Crippen LogP contribution in [0.2, 0.25) is 16.6 Å². The van der Waals surface area contributed by atoms with Crippen LogP contribution in [0.15, 0.2) is 36.4 Å². The lowest BCUT2D eigenvalue weighted by Crippen LogP contribution is -2.43. The molecule has 2 atom stereocenters. The van der Waals surface area contributed by atoms with Gasteiger partial charge in [0.15, 0.2) is 0 Å². The number of para-hydroxylation sites is 2. The van der Waals surface area contributed by atoms with Crippen molar-refractivity contribution in [2.75, 3.05) is 0 Å². The van der Waals surface area contributed by atoms with E-state index >= 15 is 0 Å². The van der Waals surface area contributed by atoms with Crippen molar-refractivity contribution < 1.29 is 8.91 Å². The van der Waals surface area contributed by atoms with Crippen LogP contribution in [0, 0.1) is 18.3 Å². The molecule has 2 bridgehead atoms. The van der Waals surface area contributed by atoms with E-state index in [2.05, 4.69) is 62.9 Å². The molecule has 2 aromatic carbocycles. The van der Waals surface area contributed by atoms with E-state index < -0.39 is 14.9 Å². The van der Waals surface area contributed by atoms with Crippen LogP contribution < -0.4 is 5.32 Å². The molecule has 2 aliphatic heterocycles. The molecule has 2 unspecified atom stereocenters. The molecule has 176 valence electrons. The van der Waals surface area contributed by atoms with Gasteiger partial charge in [0.1, 0.15) is 13.9 Å². The van der Waals surface area contributed by atoms with Crippen molar-refractivity contribution in [2.24, 2.45) is 0 Å². The van der Waals surface area contributed by atoms with Gasteiger partial charge in [-0.3, -0.25) is 4.79 Å². The van der Waals surface area contributed by atoms with Gasteiger partial charge in [-0.05, 0) is 53.7 Å². The predicted octanol–water partition coefficient (Wildman–Crippen LogP) is 6.69. The number of hydrogen-bond acceptors (Lipinski definition) is 2. The lowest BCUT2D eigenvalue weighted by Gasteiger charge is -2.38. The molecule has 34 heavy (non-hydrogen) atoms. The molecule has 4 nitrogen and oxygen atoms in total. The number of aryl methyl sites for hydroxylation is 1. The van der Waals surface area contributed by atoms with Crippen molar-refractivity contribution in [1.29, 1.82) is 0 Å². The van der Waals surface area contributed by atoms with Gasteiger partial charge in [-0.25, -0.2) is 4.98 Å². The number of imidazole rings is 1. The number of aromatic nitrogens is 2. The van der Waals surface area contributed by atoms with E-state index in [0.29, 0.717) is 34.2 Å². The normalized spacial score (nSPS) is 20.9. The molecule has 3 heterocycles. The van der Waals surface area contributed by atoms with Gasteiger partial charge in [0, 0.05) is 20.8 Å². The molecule has 0 fully saturated rings. The molecule has 0 spiro atoms. The maximum Gasteiger partial charge on any atom is 0.252 e. The first-order valence-corrected chi connectivity index (χ1v) is 14.6. The summed E-state index contributed by atoms with van der Waals surface area (Å²) in [6, 6.07) is 10.8. The largest absolute Gasteiger partial charge is 0.342 e. The number of carbonyl (C=O) groups is 1. The van der Waals surface area contributed by atoms with Gasteiger partial charge in [0.05, 0.1) is 23.1 Å². The highest BCUT2D eigenvalue weighted by molar-refractivity contribution is 6.90. The van der Waals surface area contributed by atoms with E-state index in [9.17, 15) is 4.79 Å². The number of nitrogens with one attached hydrogen (secondary N) is 1. The number of rotatable bonds is 3. The number of nitrogens with zero attached hydrogens (tertiary/aromatic N) is 2. The molecule has 2 aliphatic rings. The van der Waals surface area contributed by atoms with Crippen LogP contribution in [0.4, 0.5) is 0 Å². The van der Waals surface area contributed by atoms with Gasteiger partial charge >= 0.3 is 0 Å². The molecule has 1 amide bonds. The van der Waals surface area contributed by atoms with Crippen molar-refractivity contribution in [1.82, 2.24) is 14.9 Å². The highest BCUT2D eigenvalue weighted by Crippen LogP contribution is 2.46. The minimum Gasteiger partial charge on any atom is -0.342 e. The summed E-state index contributed by atoms with van der Waals surface area (Å²) < 4.78 is 27.3. The number of hydrogen-bond donors (Lipinski definition) is 1. The zero-order valence-electron chi connectivity index (χ0n) is 23.9. The fraction of sp³-hybridized carbons (Fsp3) is 0.448. The Bertz CT molecular complexity index is 1440. The molecule has 0 saturated heterocycles. The quantitative estimate of drug-likeness (QED) is 0.341. The Balaban J connectivity index is 1.84. The van der Waals surface area contributed by atoms with Crippen LogP contribution in [-0.2, 0) is 0 Å². The van der Waals surface area contributed by atoms with Crippen molar-refractivity contribution in [3.63, 3.8) is 0 Å². The summed E-state index contributed by atoms with van der Waals surface area (Å²) in [7, 11) is -2.16. The Morgan fingerprint density at radius 2 is 1.79 bits per heavy atom. The maximum absolute atomic E-state index is 13.4. The lowest BCUT2D eigenvalue weighted by molar-refractivity contribution is 0.0938. The Hall–Kier alpha value is -2.84. The molecular formula is C29H35N3OSi. The van der Waals surface area contributed by atoms with Gasteiger partial charge in [0.2, 0.25) is 0 Å². The standard InChI is InChI=1S/C29H35N3OSi/c1-17(2)34(18(3)4,19(5)6)15-14-21-20(7)12-13-22-27(21)26-16-24(31-29(22)33)28-30-23-10-8-9-11-25(23)32(26)28/h8-13,17-19,24,26H,16H2,1-7H3,(H,31,33)/i7D3. The zero-order chi connectivity index (χ0) is 26.9. The summed E-state index contributed by atoms with van der Waals surface area (Å²) in [6.45, 7) is 11.1. The Morgan fingerprint density at radius 3 is 2.47 bits per heavy atom. The highest BCUT2D eigenvalue weighted by Gasteiger charge is 2.43. The highest BCUT2D eigenvalue weighted by atomic mass is 28.3. The number of carbonyl (C=O) groups excluding carboxylic acids is 1. The summed E-state index contributed by atoms with van der Waals surface area (Å²) >= 11 is 0. The van der Waals surface area contributed by atoms with Gasteiger partial charge in [-0.2, -0.15) is 0 Å². The van der Waals surface area contributed by atoms with Crippen LogP contribution in [0.25, 0.3) is 11.0 Å². The summed E-state index contributed by atoms with van der Waals surface area (Å²) in [5.74, 6) is 4.10. The van der Waals surface area contributed by atoms with E-state index in [1.54, 1.807) is 12.1 Å². The summed E-state index contributed by atoms with van der Waals surface area (Å²) in [4.78, 5) is 18.3. The molecular weight excluding hydrogens is 434 g/mol. The first-order chi connectivity index (χ1) is 17.4. The van der Waals surface area contributed by atoms with Crippen LogP contribution in [0.1, 0.15) is 97.0 Å². The van der Waals surface area contributed by atoms with Gasteiger partial charge in [-0.15, -0.1) is 5.54 Å². The van der Waals surface area contributed by atoms with Gasteiger partial charge in [0.25, 0.3) is 5.91 Å². The monoisotopic (exact) mass is 472 g/mol. The molecule has 5 heteroatoms. The topological polar surface area (TPSA) is 46.9 Å². The summed E-state index contributed by atoms with van der Waals surface area (Å²) in [5.41, 5.74) is 8.78. The van der Waals surface area contributed by atoms with Gasteiger partial charge in [-0.1, -0.05) is 65.7 Å². The molecule has 0 saturated carbocycles. The smallest absolute Gasteiger partial charge is 0.252 e. The van der Waals surface area contributed by atoms with E-state index in [4.69, 9.17) is 9.10 Å². The van der Waals surface area contributed by atoms with Crippen molar-refractivity contribution in [2.45, 2.75) is 83.5 Å². The fourth-order valence-electron chi connectivity index (χ4n) is 6.58. The molecule has 0 radical (unpaired) electrons. The Morgan fingerprint density at radius 1 is 1.09 bits per heavy atom. The van der Waals surface area contributed by atoms with Crippen LogP contribution in [0.3, 0.4) is 0 Å². The molecule has 3 aromatic rings. The molecule has 5 rings (SSSR count). The minimum atomic E-state index is -2.35. The molecule has 0 aliphatic carbocycles. The average Bonchev–Trinajstić information content (AvgIpc) is 3.30. The van der Waals surface area contributed by atoms with Crippen LogP contribution >= 0.6 is 0 Å². The third kappa shape index (κ3) is 3.19. The summed E-state index contributed by atoms with van der Waals surface area (Å²) in [6.07, 6.45) is 0.631. The third-order valence-corrected chi connectivity index (χ3v) is 14.4. The second-order valence-corrected chi connectivity index (χ2v) is 16.3. The Kier molecular flexibility index (Phi) is 4.65. The first kappa shape index (κ1) is 19.5. The minimum absolute atomic E-state index is 0.193. The molecule has 1 N–H and O–H groups in total. The maximum atomic E-state index is 13.4. The average molecular weight is 473 g/mol. The second kappa shape index (κ2) is 8.13. The third-order valence-electron chi connectivity index (χ3n) is 8.10.